The number of rotatable bonds is 3. The molecule has 0 aliphatic heterocycles. The summed E-state index contributed by atoms with van der Waals surface area (Å²) in [5, 5.41) is 11.9. The van der Waals surface area contributed by atoms with Gasteiger partial charge in [-0.3, -0.25) is 4.68 Å². The number of halogens is 3. The van der Waals surface area contributed by atoms with Crippen molar-refractivity contribution in [3.05, 3.63) is 34.8 Å². The highest BCUT2D eigenvalue weighted by molar-refractivity contribution is 7.91. The van der Waals surface area contributed by atoms with E-state index in [1.165, 1.54) is 23.9 Å². The zero-order valence-electron chi connectivity index (χ0n) is 15.2. The summed E-state index contributed by atoms with van der Waals surface area (Å²) in [7, 11) is -3.64. The largest absolute Gasteiger partial charge is 0.433 e. The summed E-state index contributed by atoms with van der Waals surface area (Å²) in [5.41, 5.74) is -0.441. The number of anilines is 1. The van der Waals surface area contributed by atoms with Crippen molar-refractivity contribution >= 4 is 21.6 Å². The van der Waals surface area contributed by atoms with E-state index in [1.807, 2.05) is 6.92 Å². The van der Waals surface area contributed by atoms with Crippen molar-refractivity contribution in [1.29, 1.82) is 0 Å². The lowest BCUT2D eigenvalue weighted by molar-refractivity contribution is -0.141. The van der Waals surface area contributed by atoms with Gasteiger partial charge >= 0.3 is 12.2 Å². The van der Waals surface area contributed by atoms with Gasteiger partial charge < -0.3 is 5.32 Å². The Kier molecular flexibility index (Phi) is 5.19. The number of aryl methyl sites for hydroxylation is 2. The molecule has 3 N–H and O–H groups in total. The number of carbonyl (C=O) groups is 1. The summed E-state index contributed by atoms with van der Waals surface area (Å²) < 4.78 is 57.3. The summed E-state index contributed by atoms with van der Waals surface area (Å²) in [6.45, 7) is 3.54. The molecule has 0 fully saturated rings. The molecule has 2 heterocycles. The molecule has 1 atom stereocenters. The maximum atomic E-state index is 13.3. The SMILES string of the molecule is CCn1ccc([S@](N)(=O)=NC(=O)Nc2c(C)c(C(F)(F)F)nc3c2CCC3)n1. The Bertz CT molecular complexity index is 1050. The summed E-state index contributed by atoms with van der Waals surface area (Å²) in [4.78, 5) is 16.0. The van der Waals surface area contributed by atoms with E-state index in [9.17, 15) is 22.2 Å². The molecule has 0 spiro atoms. The maximum Gasteiger partial charge on any atom is 0.433 e. The van der Waals surface area contributed by atoms with E-state index in [-0.39, 0.29) is 16.3 Å². The molecular weight excluding hydrogens is 397 g/mol. The first-order valence-corrected chi connectivity index (χ1v) is 10.1. The summed E-state index contributed by atoms with van der Waals surface area (Å²) in [6, 6.07) is 0.273. The van der Waals surface area contributed by atoms with E-state index < -0.39 is 27.8 Å². The molecule has 0 saturated carbocycles. The summed E-state index contributed by atoms with van der Waals surface area (Å²) >= 11 is 0. The third-order valence-electron chi connectivity index (χ3n) is 4.43. The summed E-state index contributed by atoms with van der Waals surface area (Å²) in [6.07, 6.45) is -1.63. The maximum absolute atomic E-state index is 13.3. The van der Waals surface area contributed by atoms with Crippen molar-refractivity contribution in [3.63, 3.8) is 0 Å². The van der Waals surface area contributed by atoms with Crippen LogP contribution < -0.4 is 10.5 Å². The molecule has 0 unspecified atom stereocenters. The number of hydrogen-bond donors (Lipinski definition) is 2. The van der Waals surface area contributed by atoms with Crippen LogP contribution in [0, 0.1) is 6.92 Å². The second kappa shape index (κ2) is 7.17. The lowest BCUT2D eigenvalue weighted by Crippen LogP contribution is -2.21. The van der Waals surface area contributed by atoms with Gasteiger partial charge in [0.05, 0.1) is 5.69 Å². The molecule has 2 amide bonds. The van der Waals surface area contributed by atoms with Crippen LogP contribution in [0.5, 0.6) is 0 Å². The average molecular weight is 416 g/mol. The Morgan fingerprint density at radius 2 is 2.14 bits per heavy atom. The number of urea groups is 1. The minimum atomic E-state index is -4.66. The smallest absolute Gasteiger partial charge is 0.305 e. The second-order valence-electron chi connectivity index (χ2n) is 6.34. The molecule has 2 aromatic rings. The normalized spacial score (nSPS) is 15.8. The highest BCUT2D eigenvalue weighted by Crippen LogP contribution is 2.38. The highest BCUT2D eigenvalue weighted by Gasteiger charge is 2.37. The third kappa shape index (κ3) is 3.87. The first-order valence-electron chi connectivity index (χ1n) is 8.52. The van der Waals surface area contributed by atoms with E-state index >= 15 is 0 Å². The minimum absolute atomic E-state index is 0.00198. The molecule has 8 nitrogen and oxygen atoms in total. The molecule has 0 radical (unpaired) electrons. The molecule has 152 valence electrons. The number of nitrogens with zero attached hydrogens (tertiary/aromatic N) is 4. The van der Waals surface area contributed by atoms with Gasteiger partial charge in [-0.15, -0.1) is 4.36 Å². The number of carbonyl (C=O) groups excluding carboxylic acids is 1. The minimum Gasteiger partial charge on any atom is -0.305 e. The van der Waals surface area contributed by atoms with E-state index in [2.05, 4.69) is 19.8 Å². The van der Waals surface area contributed by atoms with Crippen LogP contribution in [0.15, 0.2) is 21.7 Å². The van der Waals surface area contributed by atoms with E-state index in [0.717, 1.165) is 0 Å². The van der Waals surface area contributed by atoms with Gasteiger partial charge in [0.25, 0.3) is 0 Å². The monoisotopic (exact) mass is 416 g/mol. The van der Waals surface area contributed by atoms with Crippen LogP contribution in [0.1, 0.15) is 35.9 Å². The van der Waals surface area contributed by atoms with Crippen LogP contribution in [0.3, 0.4) is 0 Å². The Hall–Kier alpha value is -2.47. The van der Waals surface area contributed by atoms with Crippen molar-refractivity contribution in [3.8, 4) is 0 Å². The lowest BCUT2D eigenvalue weighted by atomic mass is 10.1. The number of aromatic nitrogens is 3. The van der Waals surface area contributed by atoms with Gasteiger partial charge in [0.2, 0.25) is 0 Å². The standard InChI is InChI=1S/C16H19F3N6O2S/c1-3-25-8-7-12(23-25)28(20,27)24-15(26)22-13-9(2)14(16(17,18)19)21-11-6-4-5-10(11)13/h7-8H,3-6H2,1-2H3,(H3,20,21,22,24,26,27)/t28-/m1/s1. The first kappa shape index (κ1) is 20.3. The van der Waals surface area contributed by atoms with Gasteiger partial charge in [0.1, 0.15) is 5.69 Å². The topological polar surface area (TPSA) is 115 Å². The molecule has 0 saturated heterocycles. The third-order valence-corrected chi connectivity index (χ3v) is 5.68. The number of nitrogens with two attached hydrogens (primary N) is 1. The van der Waals surface area contributed by atoms with Crippen LogP contribution in [0.4, 0.5) is 23.7 Å². The average Bonchev–Trinajstić information content (AvgIpc) is 3.24. The Labute approximate surface area is 159 Å². The van der Waals surface area contributed by atoms with Crippen molar-refractivity contribution in [2.45, 2.75) is 50.9 Å². The van der Waals surface area contributed by atoms with Crippen molar-refractivity contribution in [2.24, 2.45) is 9.50 Å². The summed E-state index contributed by atoms with van der Waals surface area (Å²) in [5.74, 6) is 0. The quantitative estimate of drug-likeness (QED) is 0.800. The van der Waals surface area contributed by atoms with Crippen LogP contribution in [0.25, 0.3) is 0 Å². The Morgan fingerprint density at radius 1 is 1.43 bits per heavy atom. The van der Waals surface area contributed by atoms with Gasteiger partial charge in [0.15, 0.2) is 14.9 Å². The van der Waals surface area contributed by atoms with Crippen molar-refractivity contribution in [2.75, 3.05) is 5.32 Å². The predicted molar refractivity (Wildman–Crippen MR) is 95.9 cm³/mol. The molecule has 0 bridgehead atoms. The fourth-order valence-corrected chi connectivity index (χ4v) is 3.97. The number of amides is 2. The van der Waals surface area contributed by atoms with E-state index in [1.54, 1.807) is 0 Å². The van der Waals surface area contributed by atoms with Crippen LogP contribution in [-0.2, 0) is 35.5 Å². The number of nitrogens with one attached hydrogen (secondary N) is 1. The molecule has 0 aromatic carbocycles. The Morgan fingerprint density at radius 3 is 2.75 bits per heavy atom. The molecular formula is C16H19F3N6O2S. The molecule has 12 heteroatoms. The molecule has 3 rings (SSSR count). The van der Waals surface area contributed by atoms with Crippen LogP contribution >= 0.6 is 0 Å². The molecule has 2 aromatic heterocycles. The van der Waals surface area contributed by atoms with Gasteiger partial charge in [-0.1, -0.05) is 0 Å². The van der Waals surface area contributed by atoms with E-state index in [4.69, 9.17) is 5.14 Å². The predicted octanol–water partition coefficient (Wildman–Crippen LogP) is 3.05. The van der Waals surface area contributed by atoms with Crippen LogP contribution in [-0.4, -0.2) is 25.0 Å². The second-order valence-corrected chi connectivity index (χ2v) is 8.07. The fourth-order valence-electron chi connectivity index (χ4n) is 3.10. The zero-order valence-corrected chi connectivity index (χ0v) is 16.0. The number of pyridine rings is 1. The molecule has 1 aliphatic rings. The van der Waals surface area contributed by atoms with Gasteiger partial charge in [0, 0.05) is 24.0 Å². The molecule has 1 aliphatic carbocycles. The molecule has 28 heavy (non-hydrogen) atoms. The zero-order chi connectivity index (χ0) is 20.7. The fraction of sp³-hybridized carbons (Fsp3) is 0.438. The van der Waals surface area contributed by atoms with Crippen molar-refractivity contribution in [1.82, 2.24) is 14.8 Å². The number of hydrogen-bond acceptors (Lipinski definition) is 4. The lowest BCUT2D eigenvalue weighted by Gasteiger charge is -2.17. The Balaban J connectivity index is 1.98. The van der Waals surface area contributed by atoms with Gasteiger partial charge in [-0.25, -0.2) is 19.1 Å². The number of alkyl halides is 3. The van der Waals surface area contributed by atoms with Crippen molar-refractivity contribution < 1.29 is 22.2 Å². The number of fused-ring (bicyclic) bond motifs is 1. The van der Waals surface area contributed by atoms with Gasteiger partial charge in [-0.05, 0) is 44.7 Å². The van der Waals surface area contributed by atoms with E-state index in [0.29, 0.717) is 37.1 Å². The van der Waals surface area contributed by atoms with Gasteiger partial charge in [-0.2, -0.15) is 18.3 Å². The first-order chi connectivity index (χ1) is 13.0. The van der Waals surface area contributed by atoms with Crippen LogP contribution in [0.2, 0.25) is 0 Å². The highest BCUT2D eigenvalue weighted by atomic mass is 32.2.